The van der Waals surface area contributed by atoms with Crippen molar-refractivity contribution in [2.24, 2.45) is 5.73 Å². The van der Waals surface area contributed by atoms with Crippen LogP contribution in [0.3, 0.4) is 0 Å². The minimum absolute atomic E-state index is 0.227. The Morgan fingerprint density at radius 1 is 1.22 bits per heavy atom. The van der Waals surface area contributed by atoms with Crippen LogP contribution < -0.4 is 10.5 Å². The van der Waals surface area contributed by atoms with Gasteiger partial charge in [-0.25, -0.2) is 13.1 Å². The first kappa shape index (κ1) is 17.7. The van der Waals surface area contributed by atoms with Gasteiger partial charge in [0.15, 0.2) is 0 Å². The zero-order valence-electron chi connectivity index (χ0n) is 12.1. The van der Waals surface area contributed by atoms with E-state index >= 15 is 0 Å². The molecule has 0 spiro atoms. The molecule has 1 saturated carbocycles. The Kier molecular flexibility index (Phi) is 4.71. The zero-order chi connectivity index (χ0) is 17.3. The highest BCUT2D eigenvalue weighted by molar-refractivity contribution is 7.89. The van der Waals surface area contributed by atoms with Crippen molar-refractivity contribution in [3.05, 3.63) is 29.8 Å². The summed E-state index contributed by atoms with van der Waals surface area (Å²) in [5, 5.41) is 8.93. The van der Waals surface area contributed by atoms with E-state index < -0.39 is 27.3 Å². The molecule has 0 aromatic heterocycles. The number of rotatable bonds is 3. The molecule has 126 valence electrons. The molecule has 1 aliphatic rings. The average Bonchev–Trinajstić information content (AvgIpc) is 2.49. The van der Waals surface area contributed by atoms with Gasteiger partial charge in [0.2, 0.25) is 10.0 Å². The third kappa shape index (κ3) is 4.22. The molecule has 0 amide bonds. The van der Waals surface area contributed by atoms with Gasteiger partial charge in [-0.15, -0.1) is 0 Å². The number of hydrogen-bond donors (Lipinski definition) is 2. The Morgan fingerprint density at radius 2 is 1.74 bits per heavy atom. The first-order valence-electron chi connectivity index (χ1n) is 6.95. The van der Waals surface area contributed by atoms with Crippen LogP contribution in [0.5, 0.6) is 0 Å². The molecule has 0 unspecified atom stereocenters. The van der Waals surface area contributed by atoms with Crippen molar-refractivity contribution in [3.63, 3.8) is 0 Å². The van der Waals surface area contributed by atoms with Gasteiger partial charge >= 0.3 is 6.18 Å². The second-order valence-corrected chi connectivity index (χ2v) is 7.40. The molecule has 1 fully saturated rings. The summed E-state index contributed by atoms with van der Waals surface area (Å²) in [6.07, 6.45) is -2.97. The second-order valence-electron chi connectivity index (χ2n) is 5.69. The Morgan fingerprint density at radius 3 is 2.17 bits per heavy atom. The zero-order valence-corrected chi connectivity index (χ0v) is 12.9. The van der Waals surface area contributed by atoms with Crippen LogP contribution in [0, 0.1) is 11.3 Å². The van der Waals surface area contributed by atoms with Gasteiger partial charge in [0.1, 0.15) is 5.54 Å². The van der Waals surface area contributed by atoms with E-state index in [2.05, 4.69) is 4.72 Å². The number of alkyl halides is 3. The van der Waals surface area contributed by atoms with Crippen LogP contribution in [0.1, 0.15) is 31.2 Å². The minimum Gasteiger partial charge on any atom is -0.313 e. The highest BCUT2D eigenvalue weighted by Gasteiger charge is 2.34. The lowest BCUT2D eigenvalue weighted by Crippen LogP contribution is -2.47. The van der Waals surface area contributed by atoms with Crippen molar-refractivity contribution in [2.45, 2.75) is 48.3 Å². The monoisotopic (exact) mass is 347 g/mol. The van der Waals surface area contributed by atoms with Crippen molar-refractivity contribution in [2.75, 3.05) is 0 Å². The van der Waals surface area contributed by atoms with Gasteiger partial charge in [-0.3, -0.25) is 0 Å². The third-order valence-corrected chi connectivity index (χ3v) is 5.45. The molecule has 9 heteroatoms. The van der Waals surface area contributed by atoms with E-state index in [0.717, 1.165) is 24.3 Å². The Labute approximate surface area is 132 Å². The number of hydrogen-bond acceptors (Lipinski definition) is 4. The topological polar surface area (TPSA) is 96.0 Å². The van der Waals surface area contributed by atoms with Gasteiger partial charge in [-0.2, -0.15) is 18.4 Å². The second kappa shape index (κ2) is 6.11. The molecule has 1 aromatic carbocycles. The van der Waals surface area contributed by atoms with Gasteiger partial charge in [-0.1, -0.05) is 0 Å². The maximum atomic E-state index is 12.5. The molecular weight excluding hydrogens is 331 g/mol. The summed E-state index contributed by atoms with van der Waals surface area (Å²) < 4.78 is 64.3. The lowest BCUT2D eigenvalue weighted by molar-refractivity contribution is -0.137. The SMILES string of the molecule is N#CC1(N)CCC(NS(=O)(=O)c2ccc(C(F)(F)F)cc2)CC1. The fraction of sp³-hybridized carbons (Fsp3) is 0.500. The summed E-state index contributed by atoms with van der Waals surface area (Å²) >= 11 is 0. The standard InChI is InChI=1S/C14H16F3N3O2S/c15-14(16,17)10-1-3-12(4-2-10)23(21,22)20-11-5-7-13(19,9-18)8-6-11/h1-4,11,20H,5-8,19H2. The Hall–Kier alpha value is -1.63. The molecule has 0 radical (unpaired) electrons. The Balaban J connectivity index is 2.07. The quantitative estimate of drug-likeness (QED) is 0.876. The number of halogens is 3. The smallest absolute Gasteiger partial charge is 0.313 e. The Bertz CT molecular complexity index is 700. The van der Waals surface area contributed by atoms with E-state index in [4.69, 9.17) is 11.0 Å². The molecule has 0 aliphatic heterocycles. The molecule has 0 atom stereocenters. The summed E-state index contributed by atoms with van der Waals surface area (Å²) in [5.74, 6) is 0. The van der Waals surface area contributed by atoms with Crippen molar-refractivity contribution >= 4 is 10.0 Å². The van der Waals surface area contributed by atoms with Crippen LogP contribution in [0.15, 0.2) is 29.2 Å². The molecule has 2 rings (SSSR count). The molecule has 1 aliphatic carbocycles. The van der Waals surface area contributed by atoms with Gasteiger partial charge in [-0.05, 0) is 49.9 Å². The average molecular weight is 347 g/mol. The first-order valence-corrected chi connectivity index (χ1v) is 8.44. The summed E-state index contributed by atoms with van der Waals surface area (Å²) in [6, 6.07) is 4.95. The molecule has 23 heavy (non-hydrogen) atoms. The molecule has 3 N–H and O–H groups in total. The molecule has 0 bridgehead atoms. The van der Waals surface area contributed by atoms with Gasteiger partial charge in [0.05, 0.1) is 16.5 Å². The maximum absolute atomic E-state index is 12.5. The van der Waals surface area contributed by atoms with Crippen LogP contribution in [0.2, 0.25) is 0 Å². The summed E-state index contributed by atoms with van der Waals surface area (Å²) in [7, 11) is -3.91. The first-order chi connectivity index (χ1) is 10.6. The van der Waals surface area contributed by atoms with Crippen LogP contribution in [0.25, 0.3) is 0 Å². The fourth-order valence-corrected chi connectivity index (χ4v) is 3.78. The summed E-state index contributed by atoms with van der Waals surface area (Å²) in [6.45, 7) is 0. The van der Waals surface area contributed by atoms with Crippen molar-refractivity contribution in [3.8, 4) is 6.07 Å². The largest absolute Gasteiger partial charge is 0.416 e. The molecule has 0 saturated heterocycles. The molecular formula is C14H16F3N3O2S. The van der Waals surface area contributed by atoms with Crippen molar-refractivity contribution in [1.82, 2.24) is 4.72 Å². The van der Waals surface area contributed by atoms with E-state index in [0.29, 0.717) is 25.7 Å². The van der Waals surface area contributed by atoms with Gasteiger partial charge in [0, 0.05) is 6.04 Å². The van der Waals surface area contributed by atoms with Crippen LogP contribution in [0.4, 0.5) is 13.2 Å². The number of nitrogens with one attached hydrogen (secondary N) is 1. The van der Waals surface area contributed by atoms with Crippen LogP contribution >= 0.6 is 0 Å². The molecule has 5 nitrogen and oxygen atoms in total. The number of nitriles is 1. The minimum atomic E-state index is -4.51. The fourth-order valence-electron chi connectivity index (χ4n) is 2.47. The van der Waals surface area contributed by atoms with Crippen LogP contribution in [-0.4, -0.2) is 20.0 Å². The van der Waals surface area contributed by atoms with Crippen LogP contribution in [-0.2, 0) is 16.2 Å². The highest BCUT2D eigenvalue weighted by atomic mass is 32.2. The predicted molar refractivity (Wildman–Crippen MR) is 76.6 cm³/mol. The lowest BCUT2D eigenvalue weighted by atomic mass is 9.82. The highest BCUT2D eigenvalue weighted by Crippen LogP contribution is 2.30. The molecule has 0 heterocycles. The van der Waals surface area contributed by atoms with Crippen molar-refractivity contribution in [1.29, 1.82) is 5.26 Å². The van der Waals surface area contributed by atoms with Gasteiger partial charge in [0.25, 0.3) is 0 Å². The number of sulfonamides is 1. The summed E-state index contributed by atoms with van der Waals surface area (Å²) in [5.41, 5.74) is 3.97. The number of benzene rings is 1. The van der Waals surface area contributed by atoms with E-state index in [9.17, 15) is 21.6 Å². The predicted octanol–water partition coefficient (Wildman–Crippen LogP) is 2.15. The van der Waals surface area contributed by atoms with E-state index in [1.807, 2.05) is 6.07 Å². The number of nitrogens with two attached hydrogens (primary N) is 1. The number of nitrogens with zero attached hydrogens (tertiary/aromatic N) is 1. The normalized spacial score (nSPS) is 25.8. The maximum Gasteiger partial charge on any atom is 0.416 e. The third-order valence-electron chi connectivity index (χ3n) is 3.91. The van der Waals surface area contributed by atoms with E-state index in [1.165, 1.54) is 0 Å². The summed E-state index contributed by atoms with van der Waals surface area (Å²) in [4.78, 5) is -0.227. The van der Waals surface area contributed by atoms with Crippen molar-refractivity contribution < 1.29 is 21.6 Å². The van der Waals surface area contributed by atoms with Gasteiger partial charge < -0.3 is 5.73 Å². The lowest BCUT2D eigenvalue weighted by Gasteiger charge is -2.31. The van der Waals surface area contributed by atoms with E-state index in [1.54, 1.807) is 0 Å². The molecule has 1 aromatic rings. The van der Waals surface area contributed by atoms with E-state index in [-0.39, 0.29) is 10.9 Å².